The van der Waals surface area contributed by atoms with Gasteiger partial charge in [-0.05, 0) is 12.1 Å². The molecule has 1 amide bonds. The summed E-state index contributed by atoms with van der Waals surface area (Å²) in [7, 11) is 0. The lowest BCUT2D eigenvalue weighted by molar-refractivity contribution is -0.142. The van der Waals surface area contributed by atoms with E-state index in [2.05, 4.69) is 0 Å². The summed E-state index contributed by atoms with van der Waals surface area (Å²) in [5.74, 6) is -0.857. The van der Waals surface area contributed by atoms with Crippen molar-refractivity contribution >= 4 is 17.3 Å². The van der Waals surface area contributed by atoms with Crippen LogP contribution in [-0.2, 0) is 17.1 Å². The number of alkyl halides is 6. The Bertz CT molecular complexity index is 506. The predicted octanol–water partition coefficient (Wildman–Crippen LogP) is 3.26. The Morgan fingerprint density at radius 3 is 1.89 bits per heavy atom. The quantitative estimate of drug-likeness (QED) is 0.615. The Morgan fingerprint density at radius 2 is 1.53 bits per heavy atom. The molecule has 0 heterocycles. The van der Waals surface area contributed by atoms with Gasteiger partial charge in [0.2, 0.25) is 5.91 Å². The van der Waals surface area contributed by atoms with Crippen LogP contribution in [0.3, 0.4) is 0 Å². The second-order valence-corrected chi connectivity index (χ2v) is 3.66. The number of nitrogens with two attached hydrogens (primary N) is 1. The zero-order chi connectivity index (χ0) is 15.0. The second-order valence-electron chi connectivity index (χ2n) is 3.66. The minimum absolute atomic E-state index is 0.124. The van der Waals surface area contributed by atoms with Crippen molar-refractivity contribution in [3.8, 4) is 0 Å². The van der Waals surface area contributed by atoms with Crippen molar-refractivity contribution in [2.24, 2.45) is 0 Å². The van der Waals surface area contributed by atoms with Crippen molar-refractivity contribution in [2.45, 2.75) is 19.3 Å². The van der Waals surface area contributed by atoms with E-state index in [9.17, 15) is 31.1 Å². The maximum atomic E-state index is 12.6. The van der Waals surface area contributed by atoms with E-state index >= 15 is 0 Å². The smallest absolute Gasteiger partial charge is 0.398 e. The first-order valence-corrected chi connectivity index (χ1v) is 4.78. The largest absolute Gasteiger partial charge is 0.418 e. The molecular weight excluding hydrogens is 278 g/mol. The van der Waals surface area contributed by atoms with Crippen LogP contribution < -0.4 is 11.1 Å². The van der Waals surface area contributed by atoms with Crippen molar-refractivity contribution in [1.29, 1.82) is 0 Å². The molecule has 0 spiro atoms. The van der Waals surface area contributed by atoms with Gasteiger partial charge in [0.15, 0.2) is 0 Å². The van der Waals surface area contributed by atoms with Crippen LogP contribution >= 0.6 is 0 Å². The first-order valence-electron chi connectivity index (χ1n) is 4.78. The number of carbonyl (C=O) groups is 1. The molecule has 0 saturated carbocycles. The van der Waals surface area contributed by atoms with Crippen LogP contribution in [0.4, 0.5) is 37.7 Å². The molecule has 9 heteroatoms. The Kier molecular flexibility index (Phi) is 3.69. The first-order chi connectivity index (χ1) is 8.43. The molecule has 0 aliphatic rings. The molecule has 1 rings (SSSR count). The molecule has 0 bridgehead atoms. The van der Waals surface area contributed by atoms with Crippen molar-refractivity contribution in [3.05, 3.63) is 23.3 Å². The normalized spacial score (nSPS) is 12.4. The summed E-state index contributed by atoms with van der Waals surface area (Å²) in [5.41, 5.74) is 0.134. The highest BCUT2D eigenvalue weighted by Gasteiger charge is 2.40. The molecule has 3 nitrogen and oxygen atoms in total. The fourth-order valence-corrected chi connectivity index (χ4v) is 1.39. The maximum Gasteiger partial charge on any atom is 0.418 e. The lowest BCUT2D eigenvalue weighted by Crippen LogP contribution is -2.17. The van der Waals surface area contributed by atoms with Crippen molar-refractivity contribution in [1.82, 2.24) is 0 Å². The molecule has 0 aliphatic carbocycles. The number of anilines is 2. The van der Waals surface area contributed by atoms with Crippen LogP contribution in [0.15, 0.2) is 12.1 Å². The molecule has 106 valence electrons. The van der Waals surface area contributed by atoms with Gasteiger partial charge in [-0.1, -0.05) is 0 Å². The van der Waals surface area contributed by atoms with Crippen molar-refractivity contribution in [2.75, 3.05) is 11.1 Å². The predicted molar refractivity (Wildman–Crippen MR) is 55.2 cm³/mol. The minimum Gasteiger partial charge on any atom is -0.398 e. The zero-order valence-electron chi connectivity index (χ0n) is 9.41. The van der Waals surface area contributed by atoms with E-state index in [0.29, 0.717) is 6.07 Å². The van der Waals surface area contributed by atoms with E-state index in [1.165, 1.54) is 0 Å². The van der Waals surface area contributed by atoms with Crippen LogP contribution in [0.25, 0.3) is 0 Å². The fourth-order valence-electron chi connectivity index (χ4n) is 1.39. The third-order valence-electron chi connectivity index (χ3n) is 2.11. The third kappa shape index (κ3) is 3.52. The van der Waals surface area contributed by atoms with Gasteiger partial charge >= 0.3 is 12.4 Å². The number of carbonyl (C=O) groups excluding carboxylic acids is 1. The van der Waals surface area contributed by atoms with Crippen LogP contribution in [-0.4, -0.2) is 5.91 Å². The Hall–Kier alpha value is -1.93. The molecule has 0 aromatic heterocycles. The summed E-state index contributed by atoms with van der Waals surface area (Å²) in [6.07, 6.45) is -10.1. The fraction of sp³-hybridized carbons (Fsp3) is 0.300. The van der Waals surface area contributed by atoms with Gasteiger partial charge in [-0.15, -0.1) is 0 Å². The summed E-state index contributed by atoms with van der Waals surface area (Å²) in [4.78, 5) is 10.7. The number of amides is 1. The highest BCUT2D eigenvalue weighted by Crippen LogP contribution is 2.42. The van der Waals surface area contributed by atoms with Gasteiger partial charge in [0, 0.05) is 12.6 Å². The zero-order valence-corrected chi connectivity index (χ0v) is 9.41. The number of hydrogen-bond donors (Lipinski definition) is 2. The number of benzene rings is 1. The van der Waals surface area contributed by atoms with Crippen LogP contribution in [0.5, 0.6) is 0 Å². The molecule has 0 atom stereocenters. The van der Waals surface area contributed by atoms with Gasteiger partial charge in [0.1, 0.15) is 0 Å². The second kappa shape index (κ2) is 4.63. The molecule has 0 radical (unpaired) electrons. The van der Waals surface area contributed by atoms with Gasteiger partial charge in [-0.2, -0.15) is 26.3 Å². The van der Waals surface area contributed by atoms with Gasteiger partial charge in [0.05, 0.1) is 16.8 Å². The molecular formula is C10H8F6N2O. The molecule has 0 saturated heterocycles. The molecule has 0 unspecified atom stereocenters. The van der Waals surface area contributed by atoms with Crippen molar-refractivity contribution in [3.63, 3.8) is 0 Å². The Balaban J connectivity index is 3.51. The molecule has 1 aromatic rings. The summed E-state index contributed by atoms with van der Waals surface area (Å²) < 4.78 is 75.3. The minimum atomic E-state index is -5.05. The number of rotatable bonds is 1. The van der Waals surface area contributed by atoms with E-state index in [1.807, 2.05) is 0 Å². The highest BCUT2D eigenvalue weighted by molar-refractivity contribution is 5.90. The topological polar surface area (TPSA) is 55.1 Å². The van der Waals surface area contributed by atoms with E-state index in [1.54, 1.807) is 5.32 Å². The molecule has 19 heavy (non-hydrogen) atoms. The lowest BCUT2D eigenvalue weighted by Gasteiger charge is -2.17. The van der Waals surface area contributed by atoms with Crippen LogP contribution in [0.1, 0.15) is 18.1 Å². The van der Waals surface area contributed by atoms with Gasteiger partial charge in [-0.3, -0.25) is 4.79 Å². The average molecular weight is 286 g/mol. The number of nitrogens with one attached hydrogen (secondary N) is 1. The van der Waals surface area contributed by atoms with Crippen molar-refractivity contribution < 1.29 is 31.1 Å². The van der Waals surface area contributed by atoms with Crippen LogP contribution in [0, 0.1) is 0 Å². The monoisotopic (exact) mass is 286 g/mol. The Morgan fingerprint density at radius 1 is 1.05 bits per heavy atom. The summed E-state index contributed by atoms with van der Waals surface area (Å²) >= 11 is 0. The first kappa shape index (κ1) is 15.1. The lowest BCUT2D eigenvalue weighted by atomic mass is 10.1. The number of nitrogen functional groups attached to an aromatic ring is 1. The number of hydrogen-bond acceptors (Lipinski definition) is 2. The maximum absolute atomic E-state index is 12.6. The van der Waals surface area contributed by atoms with E-state index in [-0.39, 0.29) is 6.07 Å². The molecule has 1 aromatic carbocycles. The SMILES string of the molecule is CC(=O)Nc1cc(N)c(C(F)(F)F)cc1C(F)(F)F. The average Bonchev–Trinajstić information content (AvgIpc) is 2.11. The van der Waals surface area contributed by atoms with E-state index in [4.69, 9.17) is 5.73 Å². The van der Waals surface area contributed by atoms with Crippen LogP contribution in [0.2, 0.25) is 0 Å². The summed E-state index contributed by atoms with van der Waals surface area (Å²) in [5, 5.41) is 1.79. The number of halogens is 6. The van der Waals surface area contributed by atoms with Gasteiger partial charge in [-0.25, -0.2) is 0 Å². The molecule has 3 N–H and O–H groups in total. The van der Waals surface area contributed by atoms with Gasteiger partial charge in [0.25, 0.3) is 0 Å². The van der Waals surface area contributed by atoms with E-state index < -0.39 is 40.8 Å². The summed E-state index contributed by atoms with van der Waals surface area (Å²) in [6.45, 7) is 0.925. The summed E-state index contributed by atoms with van der Waals surface area (Å²) in [6, 6.07) is 0.313. The third-order valence-corrected chi connectivity index (χ3v) is 2.11. The van der Waals surface area contributed by atoms with Gasteiger partial charge < -0.3 is 11.1 Å². The highest BCUT2D eigenvalue weighted by atomic mass is 19.4. The molecule has 0 fully saturated rings. The Labute approximate surface area is 103 Å². The van der Waals surface area contributed by atoms with E-state index in [0.717, 1.165) is 6.92 Å². The molecule has 0 aliphatic heterocycles. The standard InChI is InChI=1S/C10H8F6N2O/c1-4(19)18-8-3-7(17)5(9(11,12)13)2-6(8)10(14,15)16/h2-3H,17H2,1H3,(H,18,19).